The molecule has 0 radical (unpaired) electrons. The van der Waals surface area contributed by atoms with Gasteiger partial charge in [0.1, 0.15) is 6.33 Å². The van der Waals surface area contributed by atoms with Crippen LogP contribution in [0.5, 0.6) is 0 Å². The lowest BCUT2D eigenvalue weighted by atomic mass is 9.49. The molecule has 0 spiro atoms. The number of nitrogens with one attached hydrogen (secondary N) is 1. The number of aryl methyl sites for hydroxylation is 2. The fraction of sp³-hybridized carbons (Fsp3) is 0.520. The van der Waals surface area contributed by atoms with Crippen molar-refractivity contribution < 1.29 is 4.79 Å². The van der Waals surface area contributed by atoms with Gasteiger partial charge >= 0.3 is 0 Å². The summed E-state index contributed by atoms with van der Waals surface area (Å²) in [5, 5.41) is 7.80. The highest BCUT2D eigenvalue weighted by Gasteiger charge is 2.50. The summed E-state index contributed by atoms with van der Waals surface area (Å²) in [6.45, 7) is 4.58. The van der Waals surface area contributed by atoms with Gasteiger partial charge in [0.2, 0.25) is 0 Å². The highest BCUT2D eigenvalue weighted by molar-refractivity contribution is 5.95. The Hall–Kier alpha value is -3.16. The number of amides is 1. The molecule has 7 rings (SSSR count). The van der Waals surface area contributed by atoms with E-state index in [2.05, 4.69) is 30.4 Å². The first-order valence-corrected chi connectivity index (χ1v) is 11.9. The number of carbonyl (C=O) groups excluding carboxylic acids is 1. The van der Waals surface area contributed by atoms with E-state index < -0.39 is 0 Å². The van der Waals surface area contributed by atoms with Crippen LogP contribution < -0.4 is 5.32 Å². The van der Waals surface area contributed by atoms with Crippen LogP contribution in [-0.4, -0.2) is 42.2 Å². The molecule has 3 heterocycles. The Kier molecular flexibility index (Phi) is 4.78. The van der Waals surface area contributed by atoms with Gasteiger partial charge in [-0.2, -0.15) is 5.10 Å². The minimum Gasteiger partial charge on any atom is -0.351 e. The van der Waals surface area contributed by atoms with Crippen LogP contribution in [0.3, 0.4) is 0 Å². The SMILES string of the molecule is Cc1cnc(-n2cc(C(=O)NCC34CC5CC(CC(C5)C3)C4)c(C)n2)nc1-c1cncnc1. The van der Waals surface area contributed by atoms with Gasteiger partial charge in [0.05, 0.1) is 17.0 Å². The Labute approximate surface area is 193 Å². The van der Waals surface area contributed by atoms with Crippen molar-refractivity contribution in [3.05, 3.63) is 47.9 Å². The summed E-state index contributed by atoms with van der Waals surface area (Å²) < 4.78 is 1.59. The summed E-state index contributed by atoms with van der Waals surface area (Å²) in [6.07, 6.45) is 16.5. The molecule has 1 amide bonds. The normalized spacial score (nSPS) is 27.6. The van der Waals surface area contributed by atoms with E-state index in [0.717, 1.165) is 41.1 Å². The fourth-order valence-corrected chi connectivity index (χ4v) is 6.91. The Morgan fingerprint density at radius 1 is 1.06 bits per heavy atom. The zero-order chi connectivity index (χ0) is 22.6. The number of hydrogen-bond acceptors (Lipinski definition) is 6. The van der Waals surface area contributed by atoms with Gasteiger partial charge in [0, 0.05) is 36.9 Å². The number of aromatic nitrogens is 6. The molecule has 3 aromatic heterocycles. The third kappa shape index (κ3) is 3.71. The first-order chi connectivity index (χ1) is 16.0. The van der Waals surface area contributed by atoms with Gasteiger partial charge in [0.15, 0.2) is 0 Å². The Balaban J connectivity index is 1.21. The van der Waals surface area contributed by atoms with Crippen molar-refractivity contribution in [2.24, 2.45) is 23.2 Å². The number of carbonyl (C=O) groups is 1. The molecule has 4 aliphatic carbocycles. The van der Waals surface area contributed by atoms with E-state index in [1.807, 2.05) is 13.8 Å². The molecule has 0 aliphatic heterocycles. The van der Waals surface area contributed by atoms with Gasteiger partial charge in [-0.15, -0.1) is 0 Å². The zero-order valence-electron chi connectivity index (χ0n) is 19.2. The zero-order valence-corrected chi connectivity index (χ0v) is 19.2. The van der Waals surface area contributed by atoms with Crippen molar-refractivity contribution in [1.29, 1.82) is 0 Å². The van der Waals surface area contributed by atoms with Crippen molar-refractivity contribution in [2.45, 2.75) is 52.4 Å². The quantitative estimate of drug-likeness (QED) is 0.646. The maximum atomic E-state index is 13.1. The Morgan fingerprint density at radius 2 is 1.73 bits per heavy atom. The van der Waals surface area contributed by atoms with E-state index in [1.54, 1.807) is 29.5 Å². The van der Waals surface area contributed by atoms with E-state index in [1.165, 1.54) is 44.9 Å². The molecule has 0 saturated heterocycles. The fourth-order valence-electron chi connectivity index (χ4n) is 6.91. The molecule has 0 unspecified atom stereocenters. The smallest absolute Gasteiger partial charge is 0.254 e. The molecule has 170 valence electrons. The van der Waals surface area contributed by atoms with Crippen LogP contribution in [-0.2, 0) is 0 Å². The molecule has 4 saturated carbocycles. The summed E-state index contributed by atoms with van der Waals surface area (Å²) in [6, 6.07) is 0. The van der Waals surface area contributed by atoms with Crippen LogP contribution in [0.4, 0.5) is 0 Å². The van der Waals surface area contributed by atoms with Crippen LogP contribution in [0.1, 0.15) is 60.1 Å². The van der Waals surface area contributed by atoms with Gasteiger partial charge < -0.3 is 5.32 Å². The maximum Gasteiger partial charge on any atom is 0.254 e. The van der Waals surface area contributed by atoms with E-state index in [0.29, 0.717) is 22.6 Å². The number of nitrogens with zero attached hydrogens (tertiary/aromatic N) is 6. The van der Waals surface area contributed by atoms with Crippen molar-refractivity contribution in [1.82, 2.24) is 35.0 Å². The standard InChI is InChI=1S/C25H29N7O/c1-15-9-28-24(30-22(15)20-10-26-14-27-11-20)32-12-21(16(2)31-32)23(33)29-13-25-6-17-3-18(7-25)5-19(4-17)8-25/h9-12,14,17-19H,3-8,13H2,1-2H3,(H,29,33). The summed E-state index contributed by atoms with van der Waals surface area (Å²) in [4.78, 5) is 30.4. The van der Waals surface area contributed by atoms with Crippen LogP contribution in [0.15, 0.2) is 31.1 Å². The molecular weight excluding hydrogens is 414 g/mol. The van der Waals surface area contributed by atoms with E-state index in [4.69, 9.17) is 0 Å². The first-order valence-electron chi connectivity index (χ1n) is 11.9. The minimum atomic E-state index is -0.0571. The van der Waals surface area contributed by atoms with Crippen molar-refractivity contribution >= 4 is 5.91 Å². The van der Waals surface area contributed by atoms with Gasteiger partial charge in [-0.25, -0.2) is 24.6 Å². The second-order valence-corrected chi connectivity index (χ2v) is 10.5. The Bertz CT molecular complexity index is 1170. The molecule has 1 N–H and O–H groups in total. The minimum absolute atomic E-state index is 0.0571. The summed E-state index contributed by atoms with van der Waals surface area (Å²) in [5.41, 5.74) is 4.05. The molecule has 33 heavy (non-hydrogen) atoms. The van der Waals surface area contributed by atoms with Crippen LogP contribution in [0.2, 0.25) is 0 Å². The van der Waals surface area contributed by atoms with Crippen molar-refractivity contribution in [2.75, 3.05) is 6.54 Å². The van der Waals surface area contributed by atoms with Gasteiger partial charge in [-0.1, -0.05) is 0 Å². The molecule has 8 heteroatoms. The molecule has 4 aliphatic rings. The van der Waals surface area contributed by atoms with E-state index in [9.17, 15) is 4.79 Å². The van der Waals surface area contributed by atoms with Crippen LogP contribution in [0, 0.1) is 37.0 Å². The highest BCUT2D eigenvalue weighted by Crippen LogP contribution is 2.59. The topological polar surface area (TPSA) is 98.5 Å². The van der Waals surface area contributed by atoms with Gasteiger partial charge in [-0.05, 0) is 81.1 Å². The van der Waals surface area contributed by atoms with Gasteiger partial charge in [0.25, 0.3) is 11.9 Å². The number of rotatable bonds is 5. The molecule has 3 aromatic rings. The molecule has 4 bridgehead atoms. The lowest BCUT2D eigenvalue weighted by molar-refractivity contribution is -0.0503. The van der Waals surface area contributed by atoms with Crippen molar-refractivity contribution in [3.63, 3.8) is 0 Å². The van der Waals surface area contributed by atoms with Gasteiger partial charge in [-0.3, -0.25) is 4.79 Å². The number of hydrogen-bond donors (Lipinski definition) is 1. The lowest BCUT2D eigenvalue weighted by Crippen LogP contribution is -2.51. The third-order valence-corrected chi connectivity index (χ3v) is 7.93. The van der Waals surface area contributed by atoms with Crippen molar-refractivity contribution in [3.8, 4) is 17.2 Å². The third-order valence-electron chi connectivity index (χ3n) is 7.93. The molecule has 4 fully saturated rings. The predicted molar refractivity (Wildman–Crippen MR) is 123 cm³/mol. The largest absolute Gasteiger partial charge is 0.351 e. The first kappa shape index (κ1) is 20.4. The average molecular weight is 444 g/mol. The molecule has 0 atom stereocenters. The van der Waals surface area contributed by atoms with E-state index in [-0.39, 0.29) is 5.91 Å². The summed E-state index contributed by atoms with van der Waals surface area (Å²) >= 11 is 0. The highest BCUT2D eigenvalue weighted by atomic mass is 16.1. The summed E-state index contributed by atoms with van der Waals surface area (Å²) in [7, 11) is 0. The molecular formula is C25H29N7O. The second kappa shape index (κ2) is 7.71. The van der Waals surface area contributed by atoms with E-state index >= 15 is 0 Å². The summed E-state index contributed by atoms with van der Waals surface area (Å²) in [5.74, 6) is 2.99. The lowest BCUT2D eigenvalue weighted by Gasteiger charge is -2.56. The monoisotopic (exact) mass is 443 g/mol. The Morgan fingerprint density at radius 3 is 2.39 bits per heavy atom. The second-order valence-electron chi connectivity index (χ2n) is 10.5. The average Bonchev–Trinajstić information content (AvgIpc) is 3.19. The maximum absolute atomic E-state index is 13.1. The van der Waals surface area contributed by atoms with Crippen LogP contribution in [0.25, 0.3) is 17.2 Å². The molecule has 8 nitrogen and oxygen atoms in total. The molecule has 0 aromatic carbocycles. The predicted octanol–water partition coefficient (Wildman–Crippen LogP) is 3.68. The van der Waals surface area contributed by atoms with Crippen LogP contribution >= 0.6 is 0 Å².